The molecule has 2 aromatic carbocycles. The number of nitrogens with one attached hydrogen (secondary N) is 4. The van der Waals surface area contributed by atoms with Crippen LogP contribution in [-0.4, -0.2) is 37.7 Å². The van der Waals surface area contributed by atoms with E-state index in [2.05, 4.69) is 30.8 Å². The average molecular weight is 362 g/mol. The minimum atomic E-state index is -0.845. The largest absolute Gasteiger partial charge is 0.361 e. The molecule has 1 saturated carbocycles. The summed E-state index contributed by atoms with van der Waals surface area (Å²) in [6, 6.07) is 13.5. The van der Waals surface area contributed by atoms with Crippen LogP contribution < -0.4 is 16.2 Å². The number of aliphatic hydroxyl groups excluding tert-OH is 1. The average Bonchev–Trinajstić information content (AvgIpc) is 3.38. The number of hydrogen-bond acceptors (Lipinski definition) is 6. The fourth-order valence-corrected chi connectivity index (χ4v) is 3.20. The maximum absolute atomic E-state index is 12.0. The van der Waals surface area contributed by atoms with E-state index in [1.807, 2.05) is 36.4 Å². The van der Waals surface area contributed by atoms with Crippen molar-refractivity contribution in [2.45, 2.75) is 25.2 Å². The Bertz CT molecular complexity index is 1190. The van der Waals surface area contributed by atoms with Gasteiger partial charge in [-0.25, -0.2) is 10.1 Å². The van der Waals surface area contributed by atoms with Crippen molar-refractivity contribution in [3.05, 3.63) is 52.8 Å². The molecule has 136 valence electrons. The molecule has 1 fully saturated rings. The van der Waals surface area contributed by atoms with E-state index in [0.717, 1.165) is 34.8 Å². The standard InChI is InChI=1S/C19H18N6O2/c26-17-13-4-2-1-3-12(13)16(24-25-17)10-5-8-14-15(9-10)22-18(21-14)23-19(27)20-11-6-7-11/h1-5,8-9,11,19-20,27H,6-7H2,(H,25,26)(H2,21,22,23). The predicted octanol–water partition coefficient (Wildman–Crippen LogP) is 1.91. The van der Waals surface area contributed by atoms with Gasteiger partial charge in [0.25, 0.3) is 5.56 Å². The molecule has 0 bridgehead atoms. The summed E-state index contributed by atoms with van der Waals surface area (Å²) in [7, 11) is 0. The Balaban J connectivity index is 1.51. The zero-order valence-corrected chi connectivity index (χ0v) is 14.4. The Hall–Kier alpha value is -3.23. The summed E-state index contributed by atoms with van der Waals surface area (Å²) in [6.07, 6.45) is 1.33. The minimum absolute atomic E-state index is 0.209. The highest BCUT2D eigenvalue weighted by Gasteiger charge is 2.23. The maximum Gasteiger partial charge on any atom is 0.272 e. The molecule has 5 N–H and O–H groups in total. The van der Waals surface area contributed by atoms with Gasteiger partial charge in [-0.1, -0.05) is 24.3 Å². The van der Waals surface area contributed by atoms with Crippen molar-refractivity contribution in [3.8, 4) is 11.3 Å². The molecule has 8 heteroatoms. The molecule has 8 nitrogen and oxygen atoms in total. The van der Waals surface area contributed by atoms with Gasteiger partial charge >= 0.3 is 0 Å². The van der Waals surface area contributed by atoms with Crippen LogP contribution in [0.4, 0.5) is 5.95 Å². The smallest absolute Gasteiger partial charge is 0.272 e. The van der Waals surface area contributed by atoms with E-state index in [1.54, 1.807) is 6.07 Å². The zero-order valence-electron chi connectivity index (χ0n) is 14.4. The summed E-state index contributed by atoms with van der Waals surface area (Å²) in [6.45, 7) is 0. The third-order valence-corrected chi connectivity index (χ3v) is 4.70. The topological polar surface area (TPSA) is 119 Å². The van der Waals surface area contributed by atoms with E-state index in [4.69, 9.17) is 0 Å². The first-order valence-corrected chi connectivity index (χ1v) is 8.85. The van der Waals surface area contributed by atoms with E-state index >= 15 is 0 Å². The van der Waals surface area contributed by atoms with Crippen molar-refractivity contribution in [1.82, 2.24) is 25.5 Å². The van der Waals surface area contributed by atoms with Gasteiger partial charge in [0.05, 0.1) is 22.1 Å². The van der Waals surface area contributed by atoms with Crippen molar-refractivity contribution in [1.29, 1.82) is 0 Å². The Kier molecular flexibility index (Phi) is 3.66. The molecule has 2 heterocycles. The van der Waals surface area contributed by atoms with Crippen molar-refractivity contribution in [2.24, 2.45) is 0 Å². The molecular formula is C19H18N6O2. The summed E-state index contributed by atoms with van der Waals surface area (Å²) in [5, 5.41) is 24.1. The number of hydrogen-bond donors (Lipinski definition) is 5. The molecule has 1 aliphatic carbocycles. The van der Waals surface area contributed by atoms with Crippen molar-refractivity contribution in [2.75, 3.05) is 5.32 Å². The predicted molar refractivity (Wildman–Crippen MR) is 103 cm³/mol. The Morgan fingerprint density at radius 1 is 1.15 bits per heavy atom. The summed E-state index contributed by atoms with van der Waals surface area (Å²) in [5.41, 5.74) is 2.92. The van der Waals surface area contributed by atoms with E-state index in [-0.39, 0.29) is 5.56 Å². The quantitative estimate of drug-likeness (QED) is 0.346. The molecule has 0 aliphatic heterocycles. The van der Waals surface area contributed by atoms with E-state index in [0.29, 0.717) is 23.1 Å². The Labute approximate surface area is 153 Å². The summed E-state index contributed by atoms with van der Waals surface area (Å²) in [4.78, 5) is 19.6. The number of nitrogens with zero attached hydrogens (tertiary/aromatic N) is 2. The zero-order chi connectivity index (χ0) is 18.4. The van der Waals surface area contributed by atoms with Crippen LogP contribution in [0.5, 0.6) is 0 Å². The highest BCUT2D eigenvalue weighted by Crippen LogP contribution is 2.27. The van der Waals surface area contributed by atoms with Gasteiger partial charge in [-0.3, -0.25) is 10.1 Å². The maximum atomic E-state index is 12.0. The first-order valence-electron chi connectivity index (χ1n) is 8.85. The number of fused-ring (bicyclic) bond motifs is 2. The van der Waals surface area contributed by atoms with Gasteiger partial charge in [-0.05, 0) is 31.0 Å². The monoisotopic (exact) mass is 362 g/mol. The van der Waals surface area contributed by atoms with Crippen LogP contribution in [-0.2, 0) is 0 Å². The molecule has 1 atom stereocenters. The molecule has 1 aliphatic rings. The fourth-order valence-electron chi connectivity index (χ4n) is 3.20. The van der Waals surface area contributed by atoms with Crippen LogP contribution in [0.2, 0.25) is 0 Å². The highest BCUT2D eigenvalue weighted by atomic mass is 16.3. The molecule has 0 amide bonds. The lowest BCUT2D eigenvalue weighted by Crippen LogP contribution is -2.37. The molecule has 27 heavy (non-hydrogen) atoms. The van der Waals surface area contributed by atoms with Crippen LogP contribution >= 0.6 is 0 Å². The van der Waals surface area contributed by atoms with E-state index in [1.165, 1.54) is 0 Å². The van der Waals surface area contributed by atoms with Gasteiger partial charge in [0.1, 0.15) is 0 Å². The third-order valence-electron chi connectivity index (χ3n) is 4.70. The van der Waals surface area contributed by atoms with Crippen molar-refractivity contribution >= 4 is 27.8 Å². The Morgan fingerprint density at radius 2 is 1.96 bits per heavy atom. The number of rotatable bonds is 5. The minimum Gasteiger partial charge on any atom is -0.361 e. The SMILES string of the molecule is O=c1[nH]nc(-c2ccc3[nH]c(NC(O)NC4CC4)nc3c2)c2ccccc12. The summed E-state index contributed by atoms with van der Waals surface area (Å²) in [5.74, 6) is 0.488. The lowest BCUT2D eigenvalue weighted by Gasteiger charge is -2.12. The molecule has 5 rings (SSSR count). The third kappa shape index (κ3) is 3.05. The van der Waals surface area contributed by atoms with Gasteiger partial charge in [-0.15, -0.1) is 0 Å². The molecule has 0 radical (unpaired) electrons. The van der Waals surface area contributed by atoms with Crippen LogP contribution in [0.25, 0.3) is 33.1 Å². The number of imidazole rings is 1. The van der Waals surface area contributed by atoms with Gasteiger partial charge < -0.3 is 15.4 Å². The van der Waals surface area contributed by atoms with Crippen LogP contribution in [0.15, 0.2) is 47.3 Å². The molecule has 0 saturated heterocycles. The number of aromatic nitrogens is 4. The lowest BCUT2D eigenvalue weighted by atomic mass is 10.0. The van der Waals surface area contributed by atoms with Crippen molar-refractivity contribution in [3.63, 3.8) is 0 Å². The van der Waals surface area contributed by atoms with Gasteiger partial charge in [0.2, 0.25) is 5.95 Å². The number of benzene rings is 2. The van der Waals surface area contributed by atoms with Crippen molar-refractivity contribution < 1.29 is 5.11 Å². The normalized spacial score (nSPS) is 15.3. The second kappa shape index (κ2) is 6.19. The molecular weight excluding hydrogens is 344 g/mol. The Morgan fingerprint density at radius 3 is 2.78 bits per heavy atom. The molecule has 0 spiro atoms. The van der Waals surface area contributed by atoms with Gasteiger partial charge in [-0.2, -0.15) is 5.10 Å². The van der Waals surface area contributed by atoms with E-state index in [9.17, 15) is 9.90 Å². The van der Waals surface area contributed by atoms with Gasteiger partial charge in [0.15, 0.2) is 6.35 Å². The number of aliphatic hydroxyl groups is 1. The van der Waals surface area contributed by atoms with Crippen LogP contribution in [0.1, 0.15) is 12.8 Å². The number of aromatic amines is 2. The van der Waals surface area contributed by atoms with Crippen LogP contribution in [0.3, 0.4) is 0 Å². The van der Waals surface area contributed by atoms with Gasteiger partial charge in [0, 0.05) is 17.0 Å². The first-order chi connectivity index (χ1) is 13.2. The lowest BCUT2D eigenvalue weighted by molar-refractivity contribution is 0.162. The van der Waals surface area contributed by atoms with E-state index < -0.39 is 6.35 Å². The molecule has 4 aromatic rings. The summed E-state index contributed by atoms with van der Waals surface area (Å²) < 4.78 is 0. The summed E-state index contributed by atoms with van der Waals surface area (Å²) >= 11 is 0. The first kappa shape index (κ1) is 16.0. The second-order valence-electron chi connectivity index (χ2n) is 6.75. The second-order valence-corrected chi connectivity index (χ2v) is 6.75. The highest BCUT2D eigenvalue weighted by molar-refractivity contribution is 5.95. The number of anilines is 1. The van der Waals surface area contributed by atoms with Crippen LogP contribution in [0, 0.1) is 0 Å². The molecule has 2 aromatic heterocycles. The molecule has 1 unspecified atom stereocenters. The fraction of sp³-hybridized carbons (Fsp3) is 0.211. The number of H-pyrrole nitrogens is 2.